The van der Waals surface area contributed by atoms with Gasteiger partial charge in [0.05, 0.1) is 18.1 Å². The number of nitrogens with zero attached hydrogens (tertiary/aromatic N) is 2. The SMILES string of the molecule is O=C(NC1CCCCC1)NS(=O)(=O)c1ccc2c(c1)C=CN(C(=O)N1CCOCC1)CC2. The van der Waals surface area contributed by atoms with Gasteiger partial charge in [-0.25, -0.2) is 22.7 Å². The summed E-state index contributed by atoms with van der Waals surface area (Å²) >= 11 is 0. The third kappa shape index (κ3) is 5.42. The molecule has 2 fully saturated rings. The van der Waals surface area contributed by atoms with Crippen molar-refractivity contribution in [1.82, 2.24) is 19.8 Å². The Morgan fingerprint density at radius 2 is 1.78 bits per heavy atom. The minimum atomic E-state index is -4.00. The standard InChI is InChI=1S/C22H30N4O5S/c27-21(23-19-4-2-1-3-5-19)24-32(29,30)20-7-6-17-8-10-25(11-9-18(17)16-20)22(28)26-12-14-31-15-13-26/h6-7,9,11,16,19H,1-5,8,10,12-15H2,(H2,23,24,27). The fraction of sp³-hybridized carbons (Fsp3) is 0.545. The summed E-state index contributed by atoms with van der Waals surface area (Å²) in [5.41, 5.74) is 1.67. The third-order valence-electron chi connectivity index (χ3n) is 6.18. The number of amides is 4. The highest BCUT2D eigenvalue weighted by molar-refractivity contribution is 7.90. The Balaban J connectivity index is 1.43. The summed E-state index contributed by atoms with van der Waals surface area (Å²) in [5.74, 6) is 0. The topological polar surface area (TPSA) is 108 Å². The molecule has 0 aromatic heterocycles. The molecule has 3 aliphatic rings. The number of rotatable bonds is 3. The van der Waals surface area contributed by atoms with Gasteiger partial charge in [-0.1, -0.05) is 25.3 Å². The van der Waals surface area contributed by atoms with Crippen LogP contribution in [0.3, 0.4) is 0 Å². The second kappa shape index (κ2) is 9.91. The average Bonchev–Trinajstić information content (AvgIpc) is 3.01. The van der Waals surface area contributed by atoms with Gasteiger partial charge >= 0.3 is 12.1 Å². The summed E-state index contributed by atoms with van der Waals surface area (Å²) in [7, 11) is -4.00. The number of hydrogen-bond acceptors (Lipinski definition) is 5. The molecule has 1 aromatic carbocycles. The molecule has 0 radical (unpaired) electrons. The van der Waals surface area contributed by atoms with Crippen LogP contribution in [0.1, 0.15) is 43.2 Å². The van der Waals surface area contributed by atoms with Crippen LogP contribution in [0, 0.1) is 0 Å². The van der Waals surface area contributed by atoms with Gasteiger partial charge < -0.3 is 19.9 Å². The van der Waals surface area contributed by atoms with Crippen LogP contribution in [-0.2, 0) is 21.2 Å². The Morgan fingerprint density at radius 1 is 1.03 bits per heavy atom. The van der Waals surface area contributed by atoms with E-state index in [1.807, 2.05) is 0 Å². The van der Waals surface area contributed by atoms with Crippen LogP contribution in [0.25, 0.3) is 6.08 Å². The first kappa shape index (κ1) is 22.6. The minimum absolute atomic E-state index is 0.0175. The predicted octanol–water partition coefficient (Wildman–Crippen LogP) is 2.29. The van der Waals surface area contributed by atoms with Crippen molar-refractivity contribution in [3.05, 3.63) is 35.5 Å². The normalized spacial score (nSPS) is 19.8. The van der Waals surface area contributed by atoms with Crippen LogP contribution < -0.4 is 10.0 Å². The molecule has 0 unspecified atom stereocenters. The van der Waals surface area contributed by atoms with Gasteiger partial charge in [0, 0.05) is 31.9 Å². The van der Waals surface area contributed by atoms with Crippen molar-refractivity contribution in [3.8, 4) is 0 Å². The average molecular weight is 463 g/mol. The largest absolute Gasteiger partial charge is 0.378 e. The number of morpholine rings is 1. The number of sulfonamides is 1. The number of nitrogens with one attached hydrogen (secondary N) is 2. The lowest BCUT2D eigenvalue weighted by molar-refractivity contribution is 0.0468. The number of carbonyl (C=O) groups excluding carboxylic acids is 2. The fourth-order valence-corrected chi connectivity index (χ4v) is 5.30. The third-order valence-corrected chi connectivity index (χ3v) is 7.51. The fourth-order valence-electron chi connectivity index (χ4n) is 4.35. The number of hydrogen-bond donors (Lipinski definition) is 2. The van der Waals surface area contributed by atoms with Crippen molar-refractivity contribution in [2.75, 3.05) is 32.8 Å². The monoisotopic (exact) mass is 462 g/mol. The molecular weight excluding hydrogens is 432 g/mol. The Morgan fingerprint density at radius 3 is 2.53 bits per heavy atom. The van der Waals surface area contributed by atoms with Crippen LogP contribution in [0.15, 0.2) is 29.3 Å². The van der Waals surface area contributed by atoms with Crippen molar-refractivity contribution in [1.29, 1.82) is 0 Å². The number of fused-ring (bicyclic) bond motifs is 1. The van der Waals surface area contributed by atoms with Gasteiger partial charge in [0.1, 0.15) is 0 Å². The Hall–Kier alpha value is -2.59. The van der Waals surface area contributed by atoms with Gasteiger partial charge in [0.15, 0.2) is 0 Å². The summed E-state index contributed by atoms with van der Waals surface area (Å²) in [6.45, 7) is 2.70. The summed E-state index contributed by atoms with van der Waals surface area (Å²) in [6.07, 6.45) is 9.03. The van der Waals surface area contributed by atoms with Gasteiger partial charge in [0.25, 0.3) is 10.0 Å². The smallest absolute Gasteiger partial charge is 0.328 e. The van der Waals surface area contributed by atoms with Crippen LogP contribution >= 0.6 is 0 Å². The number of ether oxygens (including phenoxy) is 1. The molecule has 0 spiro atoms. The maximum absolute atomic E-state index is 12.8. The second-order valence-corrected chi connectivity index (χ2v) is 10.1. The molecule has 2 heterocycles. The maximum Gasteiger partial charge on any atom is 0.328 e. The highest BCUT2D eigenvalue weighted by Crippen LogP contribution is 2.22. The molecule has 1 aliphatic carbocycles. The molecule has 2 aliphatic heterocycles. The van der Waals surface area contributed by atoms with E-state index in [1.54, 1.807) is 34.2 Å². The van der Waals surface area contributed by atoms with Gasteiger partial charge in [-0.3, -0.25) is 0 Å². The molecule has 174 valence electrons. The molecule has 1 saturated heterocycles. The van der Waals surface area contributed by atoms with E-state index in [-0.39, 0.29) is 17.0 Å². The van der Waals surface area contributed by atoms with Crippen molar-refractivity contribution < 1.29 is 22.7 Å². The highest BCUT2D eigenvalue weighted by atomic mass is 32.2. The zero-order chi connectivity index (χ0) is 22.6. The quantitative estimate of drug-likeness (QED) is 0.717. The Kier molecular flexibility index (Phi) is 7.00. The van der Waals surface area contributed by atoms with Crippen LogP contribution in [0.2, 0.25) is 0 Å². The van der Waals surface area contributed by atoms with E-state index in [4.69, 9.17) is 4.74 Å². The first-order chi connectivity index (χ1) is 15.4. The van der Waals surface area contributed by atoms with Gasteiger partial charge in [-0.15, -0.1) is 0 Å². The van der Waals surface area contributed by atoms with Crippen LogP contribution in [0.5, 0.6) is 0 Å². The van der Waals surface area contributed by atoms with Gasteiger partial charge in [-0.05, 0) is 48.6 Å². The van der Waals surface area contributed by atoms with Gasteiger partial charge in [0.2, 0.25) is 0 Å². The van der Waals surface area contributed by atoms with E-state index in [9.17, 15) is 18.0 Å². The summed E-state index contributed by atoms with van der Waals surface area (Å²) in [5, 5.41) is 2.77. The van der Waals surface area contributed by atoms with Crippen molar-refractivity contribution >= 4 is 28.2 Å². The second-order valence-electron chi connectivity index (χ2n) is 8.42. The molecule has 4 rings (SSSR count). The highest BCUT2D eigenvalue weighted by Gasteiger charge is 2.25. The van der Waals surface area contributed by atoms with Crippen LogP contribution in [0.4, 0.5) is 9.59 Å². The molecule has 1 saturated carbocycles. The molecule has 4 amide bonds. The lowest BCUT2D eigenvalue weighted by Gasteiger charge is -2.31. The summed E-state index contributed by atoms with van der Waals surface area (Å²) in [6, 6.07) is 4.04. The van der Waals surface area contributed by atoms with Gasteiger partial charge in [-0.2, -0.15) is 0 Å². The molecule has 1 aromatic rings. The summed E-state index contributed by atoms with van der Waals surface area (Å²) in [4.78, 5) is 28.4. The first-order valence-electron chi connectivity index (χ1n) is 11.2. The zero-order valence-corrected chi connectivity index (χ0v) is 18.9. The Labute approximate surface area is 188 Å². The predicted molar refractivity (Wildman–Crippen MR) is 119 cm³/mol. The maximum atomic E-state index is 12.8. The van der Waals surface area contributed by atoms with E-state index in [0.29, 0.717) is 39.3 Å². The molecule has 9 nitrogen and oxygen atoms in total. The van der Waals surface area contributed by atoms with Crippen molar-refractivity contribution in [2.45, 2.75) is 49.5 Å². The molecule has 0 bridgehead atoms. The number of carbonyl (C=O) groups is 2. The number of benzene rings is 1. The summed E-state index contributed by atoms with van der Waals surface area (Å²) < 4.78 is 32.9. The van der Waals surface area contributed by atoms with E-state index in [1.165, 1.54) is 6.07 Å². The first-order valence-corrected chi connectivity index (χ1v) is 12.7. The zero-order valence-electron chi connectivity index (χ0n) is 18.1. The van der Waals surface area contributed by atoms with E-state index in [0.717, 1.165) is 43.2 Å². The molecule has 2 N–H and O–H groups in total. The minimum Gasteiger partial charge on any atom is -0.378 e. The molecule has 32 heavy (non-hydrogen) atoms. The van der Waals surface area contributed by atoms with Crippen molar-refractivity contribution in [3.63, 3.8) is 0 Å². The molecule has 10 heteroatoms. The lowest BCUT2D eigenvalue weighted by atomic mass is 9.96. The molecular formula is C22H30N4O5S. The van der Waals surface area contributed by atoms with E-state index in [2.05, 4.69) is 10.0 Å². The lowest BCUT2D eigenvalue weighted by Crippen LogP contribution is -2.46. The number of urea groups is 2. The van der Waals surface area contributed by atoms with E-state index < -0.39 is 16.1 Å². The van der Waals surface area contributed by atoms with E-state index >= 15 is 0 Å². The van der Waals surface area contributed by atoms with Crippen LogP contribution in [-0.4, -0.2) is 69.2 Å². The Bertz CT molecular complexity index is 982. The molecule has 0 atom stereocenters. The van der Waals surface area contributed by atoms with Crippen molar-refractivity contribution in [2.24, 2.45) is 0 Å².